The number of piperazine rings is 1. The number of rotatable bonds is 9. The Morgan fingerprint density at radius 3 is 2.48 bits per heavy atom. The van der Waals surface area contributed by atoms with Gasteiger partial charge in [-0.1, -0.05) is 54.1 Å². The standard InChI is InChI=1S/C24H30ClN3O4S/c1-3-32-22-12-11-21(25)18-23(22)33(30,31)26(2)19-24(29)28-16-14-27(15-17-28)13-7-10-20-8-5-4-6-9-20/h4-12,18H,3,13-17,19H2,1-2H3/b10-7+. The summed E-state index contributed by atoms with van der Waals surface area (Å²) in [5.41, 5.74) is 1.16. The lowest BCUT2D eigenvalue weighted by atomic mass is 10.2. The minimum absolute atomic E-state index is 0.0397. The van der Waals surface area contributed by atoms with Crippen molar-refractivity contribution in [3.05, 3.63) is 65.2 Å². The highest BCUT2D eigenvalue weighted by Gasteiger charge is 2.29. The van der Waals surface area contributed by atoms with E-state index in [4.69, 9.17) is 16.3 Å². The first kappa shape index (κ1) is 25.2. The van der Waals surface area contributed by atoms with Gasteiger partial charge in [0.2, 0.25) is 15.9 Å². The van der Waals surface area contributed by atoms with E-state index in [1.807, 2.05) is 18.2 Å². The number of halogens is 1. The number of hydrogen-bond acceptors (Lipinski definition) is 5. The van der Waals surface area contributed by atoms with E-state index < -0.39 is 10.0 Å². The number of benzene rings is 2. The van der Waals surface area contributed by atoms with Crippen LogP contribution in [0.25, 0.3) is 6.08 Å². The molecule has 9 heteroatoms. The van der Waals surface area contributed by atoms with E-state index in [2.05, 4.69) is 29.2 Å². The molecular formula is C24H30ClN3O4S. The smallest absolute Gasteiger partial charge is 0.247 e. The Balaban J connectivity index is 1.54. The highest BCUT2D eigenvalue weighted by atomic mass is 35.5. The normalized spacial score (nSPS) is 15.3. The minimum Gasteiger partial charge on any atom is -0.492 e. The first-order valence-corrected chi connectivity index (χ1v) is 12.7. The summed E-state index contributed by atoms with van der Waals surface area (Å²) < 4.78 is 32.7. The molecule has 0 radical (unpaired) electrons. The van der Waals surface area contributed by atoms with E-state index >= 15 is 0 Å². The summed E-state index contributed by atoms with van der Waals surface area (Å²) in [6, 6.07) is 14.6. The Labute approximate surface area is 201 Å². The van der Waals surface area contributed by atoms with Crippen molar-refractivity contribution in [3.63, 3.8) is 0 Å². The second-order valence-corrected chi connectivity index (χ2v) is 10.2. The number of hydrogen-bond donors (Lipinski definition) is 0. The number of carbonyl (C=O) groups excluding carboxylic acids is 1. The predicted octanol–water partition coefficient (Wildman–Crippen LogP) is 3.22. The van der Waals surface area contributed by atoms with Crippen LogP contribution in [-0.4, -0.2) is 81.4 Å². The van der Waals surface area contributed by atoms with E-state index in [1.165, 1.54) is 19.2 Å². The molecule has 0 bridgehead atoms. The molecule has 1 fully saturated rings. The molecule has 1 amide bonds. The van der Waals surface area contributed by atoms with Gasteiger partial charge in [-0.3, -0.25) is 9.69 Å². The molecule has 0 N–H and O–H groups in total. The number of likely N-dealkylation sites (N-methyl/N-ethyl adjacent to an activating group) is 1. The van der Waals surface area contributed by atoms with Gasteiger partial charge in [-0.05, 0) is 30.7 Å². The van der Waals surface area contributed by atoms with Gasteiger partial charge in [0.1, 0.15) is 10.6 Å². The molecule has 1 aliphatic rings. The second-order valence-electron chi connectivity index (χ2n) is 7.78. The molecule has 1 heterocycles. The van der Waals surface area contributed by atoms with E-state index in [0.29, 0.717) is 19.7 Å². The van der Waals surface area contributed by atoms with Gasteiger partial charge in [-0.2, -0.15) is 4.31 Å². The summed E-state index contributed by atoms with van der Waals surface area (Å²) in [4.78, 5) is 16.7. The summed E-state index contributed by atoms with van der Waals surface area (Å²) in [5.74, 6) is -0.00101. The van der Waals surface area contributed by atoms with E-state index in [0.717, 1.165) is 29.5 Å². The summed E-state index contributed by atoms with van der Waals surface area (Å²) in [5, 5.41) is 0.286. The van der Waals surface area contributed by atoms with Crippen LogP contribution >= 0.6 is 11.6 Å². The minimum atomic E-state index is -3.94. The lowest BCUT2D eigenvalue weighted by Crippen LogP contribution is -2.51. The molecule has 2 aromatic carbocycles. The molecule has 0 atom stereocenters. The molecular weight excluding hydrogens is 462 g/mol. The monoisotopic (exact) mass is 491 g/mol. The molecule has 33 heavy (non-hydrogen) atoms. The summed E-state index contributed by atoms with van der Waals surface area (Å²) in [6.07, 6.45) is 4.21. The zero-order chi connectivity index (χ0) is 23.8. The first-order chi connectivity index (χ1) is 15.8. The van der Waals surface area contributed by atoms with Gasteiger partial charge in [0, 0.05) is 44.8 Å². The van der Waals surface area contributed by atoms with E-state index in [-0.39, 0.29) is 28.1 Å². The molecule has 0 unspecified atom stereocenters. The third-order valence-electron chi connectivity index (χ3n) is 5.45. The van der Waals surface area contributed by atoms with E-state index in [9.17, 15) is 13.2 Å². The van der Waals surface area contributed by atoms with Crippen molar-refractivity contribution < 1.29 is 17.9 Å². The highest BCUT2D eigenvalue weighted by molar-refractivity contribution is 7.89. The Morgan fingerprint density at radius 1 is 1.12 bits per heavy atom. The molecule has 3 rings (SSSR count). The number of nitrogens with zero attached hydrogens (tertiary/aromatic N) is 3. The van der Waals surface area contributed by atoms with Gasteiger partial charge < -0.3 is 9.64 Å². The van der Waals surface area contributed by atoms with Crippen LogP contribution < -0.4 is 4.74 Å². The summed E-state index contributed by atoms with van der Waals surface area (Å²) >= 11 is 6.02. The van der Waals surface area contributed by atoms with Crippen molar-refractivity contribution in [1.29, 1.82) is 0 Å². The molecule has 7 nitrogen and oxygen atoms in total. The summed E-state index contributed by atoms with van der Waals surface area (Å²) in [7, 11) is -2.54. The molecule has 1 saturated heterocycles. The van der Waals surface area contributed by atoms with Crippen molar-refractivity contribution in [1.82, 2.24) is 14.1 Å². The quantitative estimate of drug-likeness (QED) is 0.538. The van der Waals surface area contributed by atoms with Crippen LogP contribution in [0.4, 0.5) is 0 Å². The molecule has 2 aromatic rings. The highest BCUT2D eigenvalue weighted by Crippen LogP contribution is 2.29. The zero-order valence-corrected chi connectivity index (χ0v) is 20.6. The predicted molar refractivity (Wildman–Crippen MR) is 131 cm³/mol. The fourth-order valence-electron chi connectivity index (χ4n) is 3.58. The lowest BCUT2D eigenvalue weighted by Gasteiger charge is -2.34. The van der Waals surface area contributed by atoms with Gasteiger partial charge in [-0.15, -0.1) is 0 Å². The van der Waals surface area contributed by atoms with Crippen LogP contribution in [0.2, 0.25) is 5.02 Å². The van der Waals surface area contributed by atoms with Crippen LogP contribution in [0.15, 0.2) is 59.5 Å². The van der Waals surface area contributed by atoms with Crippen LogP contribution in [0.1, 0.15) is 12.5 Å². The van der Waals surface area contributed by atoms with Crippen LogP contribution in [0.5, 0.6) is 5.75 Å². The Kier molecular flexibility index (Phi) is 8.91. The molecule has 178 valence electrons. The van der Waals surface area contributed by atoms with Crippen LogP contribution in [-0.2, 0) is 14.8 Å². The molecule has 0 spiro atoms. The number of ether oxygens (including phenoxy) is 1. The van der Waals surface area contributed by atoms with Gasteiger partial charge in [0.25, 0.3) is 0 Å². The van der Waals surface area contributed by atoms with Gasteiger partial charge in [0.15, 0.2) is 0 Å². The van der Waals surface area contributed by atoms with Crippen molar-refractivity contribution >= 4 is 33.6 Å². The number of amides is 1. The Morgan fingerprint density at radius 2 is 1.82 bits per heavy atom. The maximum atomic E-state index is 13.1. The zero-order valence-electron chi connectivity index (χ0n) is 19.0. The SMILES string of the molecule is CCOc1ccc(Cl)cc1S(=O)(=O)N(C)CC(=O)N1CCN(C/C=C/c2ccccc2)CC1. The van der Waals surface area contributed by atoms with Crippen molar-refractivity contribution in [2.75, 3.05) is 52.9 Å². The fraction of sp³-hybridized carbons (Fsp3) is 0.375. The fourth-order valence-corrected chi connectivity index (χ4v) is 5.09. The first-order valence-electron chi connectivity index (χ1n) is 10.9. The third-order valence-corrected chi connectivity index (χ3v) is 7.51. The van der Waals surface area contributed by atoms with Crippen molar-refractivity contribution in [3.8, 4) is 5.75 Å². The Hall–Kier alpha value is -2.39. The average molecular weight is 492 g/mol. The van der Waals surface area contributed by atoms with Crippen LogP contribution in [0, 0.1) is 0 Å². The van der Waals surface area contributed by atoms with Crippen molar-refractivity contribution in [2.24, 2.45) is 0 Å². The molecule has 0 aliphatic carbocycles. The molecule has 0 saturated carbocycles. The second kappa shape index (κ2) is 11.7. The Bertz CT molecular complexity index is 1070. The van der Waals surface area contributed by atoms with Gasteiger partial charge in [-0.25, -0.2) is 8.42 Å². The summed E-state index contributed by atoms with van der Waals surface area (Å²) in [6.45, 7) is 5.26. The molecule has 0 aromatic heterocycles. The van der Waals surface area contributed by atoms with Gasteiger partial charge in [0.05, 0.1) is 13.2 Å². The largest absolute Gasteiger partial charge is 0.492 e. The maximum absolute atomic E-state index is 13.1. The topological polar surface area (TPSA) is 70.2 Å². The van der Waals surface area contributed by atoms with E-state index in [1.54, 1.807) is 17.9 Å². The van der Waals surface area contributed by atoms with Gasteiger partial charge >= 0.3 is 0 Å². The molecule has 1 aliphatic heterocycles. The third kappa shape index (κ3) is 6.80. The maximum Gasteiger partial charge on any atom is 0.247 e. The van der Waals surface area contributed by atoms with Crippen molar-refractivity contribution in [2.45, 2.75) is 11.8 Å². The lowest BCUT2D eigenvalue weighted by molar-refractivity contribution is -0.132. The number of sulfonamides is 1. The number of carbonyl (C=O) groups is 1. The average Bonchev–Trinajstić information content (AvgIpc) is 2.81. The van der Waals surface area contributed by atoms with Crippen LogP contribution in [0.3, 0.4) is 0 Å².